The van der Waals surface area contributed by atoms with E-state index in [2.05, 4.69) is 10.0 Å². The molecular weight excluding hydrogens is 414 g/mol. The Labute approximate surface area is 175 Å². The molecule has 2 aromatic carbocycles. The highest BCUT2D eigenvalue weighted by Crippen LogP contribution is 2.18. The lowest BCUT2D eigenvalue weighted by Crippen LogP contribution is -2.46. The maximum Gasteiger partial charge on any atom is 0.253 e. The summed E-state index contributed by atoms with van der Waals surface area (Å²) < 4.78 is 24.8. The number of anilines is 1. The molecule has 1 saturated heterocycles. The minimum Gasteiger partial charge on any atom is -0.349 e. The number of piperidine rings is 1. The van der Waals surface area contributed by atoms with Crippen molar-refractivity contribution in [2.24, 2.45) is 0 Å². The number of hydrogen-bond acceptors (Lipinski definition) is 4. The monoisotopic (exact) mass is 435 g/mol. The molecule has 0 radical (unpaired) electrons. The minimum atomic E-state index is -3.36. The summed E-state index contributed by atoms with van der Waals surface area (Å²) >= 11 is 5.96. The number of nitrogens with one attached hydrogen (secondary N) is 2. The number of nitrogens with zero attached hydrogens (tertiary/aromatic N) is 1. The van der Waals surface area contributed by atoms with Crippen molar-refractivity contribution in [3.05, 3.63) is 64.7 Å². The van der Waals surface area contributed by atoms with E-state index < -0.39 is 10.0 Å². The quantitative estimate of drug-likeness (QED) is 0.754. The molecular formula is C20H22ClN3O4S. The van der Waals surface area contributed by atoms with E-state index in [0.717, 1.165) is 6.26 Å². The van der Waals surface area contributed by atoms with E-state index in [-0.39, 0.29) is 17.9 Å². The number of sulfonamides is 1. The first kappa shape index (κ1) is 21.1. The Morgan fingerprint density at radius 3 is 2.28 bits per heavy atom. The molecule has 2 amide bonds. The van der Waals surface area contributed by atoms with Crippen LogP contribution in [0.1, 0.15) is 33.6 Å². The van der Waals surface area contributed by atoms with Crippen LogP contribution in [0.5, 0.6) is 0 Å². The standard InChI is InChI=1S/C20H22ClN3O4S/c1-29(27,28)23-18-7-5-14(6-8-18)19(25)22-17-9-11-24(12-10-17)20(26)15-3-2-4-16(21)13-15/h2-8,13,17,23H,9-12H2,1H3,(H,22,25). The molecule has 2 aromatic rings. The van der Waals surface area contributed by atoms with Gasteiger partial charge in [-0.15, -0.1) is 0 Å². The SMILES string of the molecule is CS(=O)(=O)Nc1ccc(C(=O)NC2CCN(C(=O)c3cccc(Cl)c3)CC2)cc1. The Balaban J connectivity index is 1.52. The number of hydrogen-bond donors (Lipinski definition) is 2. The van der Waals surface area contributed by atoms with Crippen molar-refractivity contribution in [3.63, 3.8) is 0 Å². The number of carbonyl (C=O) groups is 2. The van der Waals surface area contributed by atoms with Crippen LogP contribution in [-0.2, 0) is 10.0 Å². The highest BCUT2D eigenvalue weighted by Gasteiger charge is 2.25. The van der Waals surface area contributed by atoms with Crippen molar-refractivity contribution >= 4 is 39.1 Å². The minimum absolute atomic E-state index is 0.0280. The highest BCUT2D eigenvalue weighted by atomic mass is 35.5. The number of likely N-dealkylation sites (tertiary alicyclic amines) is 1. The number of rotatable bonds is 5. The molecule has 1 fully saturated rings. The summed E-state index contributed by atoms with van der Waals surface area (Å²) in [7, 11) is -3.36. The van der Waals surface area contributed by atoms with Gasteiger partial charge in [0.2, 0.25) is 10.0 Å². The topological polar surface area (TPSA) is 95.6 Å². The fourth-order valence-corrected chi connectivity index (χ4v) is 3.96. The van der Waals surface area contributed by atoms with Crippen molar-refractivity contribution in [1.82, 2.24) is 10.2 Å². The van der Waals surface area contributed by atoms with Crippen LogP contribution in [0.4, 0.5) is 5.69 Å². The van der Waals surface area contributed by atoms with Gasteiger partial charge in [-0.05, 0) is 55.3 Å². The van der Waals surface area contributed by atoms with Gasteiger partial charge in [0.15, 0.2) is 0 Å². The fraction of sp³-hybridized carbons (Fsp3) is 0.300. The molecule has 29 heavy (non-hydrogen) atoms. The van der Waals surface area contributed by atoms with E-state index in [1.807, 2.05) is 0 Å². The lowest BCUT2D eigenvalue weighted by Gasteiger charge is -2.32. The van der Waals surface area contributed by atoms with Crippen LogP contribution in [-0.4, -0.2) is 50.5 Å². The van der Waals surface area contributed by atoms with Gasteiger partial charge in [0, 0.05) is 41.0 Å². The molecule has 0 saturated carbocycles. The zero-order valence-corrected chi connectivity index (χ0v) is 17.5. The summed E-state index contributed by atoms with van der Waals surface area (Å²) in [5, 5.41) is 3.50. The third kappa shape index (κ3) is 5.95. The number of carbonyl (C=O) groups excluding carboxylic acids is 2. The fourth-order valence-electron chi connectivity index (χ4n) is 3.20. The van der Waals surface area contributed by atoms with E-state index in [1.54, 1.807) is 53.4 Å². The first-order chi connectivity index (χ1) is 13.7. The van der Waals surface area contributed by atoms with Crippen LogP contribution in [0.3, 0.4) is 0 Å². The molecule has 1 aliphatic heterocycles. The molecule has 0 aliphatic carbocycles. The van der Waals surface area contributed by atoms with E-state index in [1.165, 1.54) is 0 Å². The van der Waals surface area contributed by atoms with Crippen molar-refractivity contribution in [2.75, 3.05) is 24.1 Å². The van der Waals surface area contributed by atoms with Gasteiger partial charge in [-0.3, -0.25) is 14.3 Å². The summed E-state index contributed by atoms with van der Waals surface area (Å²) in [4.78, 5) is 26.8. The number of benzene rings is 2. The molecule has 0 spiro atoms. The van der Waals surface area contributed by atoms with Gasteiger partial charge in [-0.25, -0.2) is 8.42 Å². The van der Waals surface area contributed by atoms with E-state index >= 15 is 0 Å². The molecule has 3 rings (SSSR count). The van der Waals surface area contributed by atoms with Gasteiger partial charge >= 0.3 is 0 Å². The zero-order chi connectivity index (χ0) is 21.0. The Morgan fingerprint density at radius 1 is 1.03 bits per heavy atom. The molecule has 0 bridgehead atoms. The third-order valence-electron chi connectivity index (χ3n) is 4.64. The average molecular weight is 436 g/mol. The van der Waals surface area contributed by atoms with Crippen molar-refractivity contribution in [2.45, 2.75) is 18.9 Å². The second kappa shape index (κ2) is 8.84. The molecule has 7 nitrogen and oxygen atoms in total. The van der Waals surface area contributed by atoms with E-state index in [4.69, 9.17) is 11.6 Å². The summed E-state index contributed by atoms with van der Waals surface area (Å²) in [6.45, 7) is 1.10. The Kier molecular flexibility index (Phi) is 6.44. The van der Waals surface area contributed by atoms with Gasteiger partial charge in [0.25, 0.3) is 11.8 Å². The molecule has 1 aliphatic rings. The normalized spacial score (nSPS) is 15.0. The van der Waals surface area contributed by atoms with Crippen LogP contribution in [0.25, 0.3) is 0 Å². The van der Waals surface area contributed by atoms with Gasteiger partial charge in [0.05, 0.1) is 6.26 Å². The summed E-state index contributed by atoms with van der Waals surface area (Å²) in [6.07, 6.45) is 2.38. The molecule has 0 unspecified atom stereocenters. The highest BCUT2D eigenvalue weighted by molar-refractivity contribution is 7.92. The predicted molar refractivity (Wildman–Crippen MR) is 113 cm³/mol. The molecule has 154 valence electrons. The van der Waals surface area contributed by atoms with Crippen molar-refractivity contribution in [3.8, 4) is 0 Å². The smallest absolute Gasteiger partial charge is 0.253 e. The van der Waals surface area contributed by atoms with Crippen LogP contribution in [0, 0.1) is 0 Å². The zero-order valence-electron chi connectivity index (χ0n) is 15.9. The van der Waals surface area contributed by atoms with Crippen LogP contribution in [0.15, 0.2) is 48.5 Å². The molecule has 0 aromatic heterocycles. The van der Waals surface area contributed by atoms with E-state index in [0.29, 0.717) is 47.8 Å². The van der Waals surface area contributed by atoms with Crippen molar-refractivity contribution < 1.29 is 18.0 Å². The molecule has 0 atom stereocenters. The number of amides is 2. The van der Waals surface area contributed by atoms with Crippen molar-refractivity contribution in [1.29, 1.82) is 0 Å². The second-order valence-corrected chi connectivity index (χ2v) is 9.19. The lowest BCUT2D eigenvalue weighted by atomic mass is 10.0. The summed E-state index contributed by atoms with van der Waals surface area (Å²) in [6, 6.07) is 13.1. The molecule has 9 heteroatoms. The first-order valence-electron chi connectivity index (χ1n) is 9.15. The summed E-state index contributed by atoms with van der Waals surface area (Å²) in [5.41, 5.74) is 1.40. The van der Waals surface area contributed by atoms with Crippen LogP contribution in [0.2, 0.25) is 5.02 Å². The lowest BCUT2D eigenvalue weighted by molar-refractivity contribution is 0.0698. The third-order valence-corrected chi connectivity index (χ3v) is 5.48. The average Bonchev–Trinajstić information content (AvgIpc) is 2.67. The van der Waals surface area contributed by atoms with Gasteiger partial charge in [-0.1, -0.05) is 17.7 Å². The number of halogens is 1. The Morgan fingerprint density at radius 2 is 1.69 bits per heavy atom. The molecule has 2 N–H and O–H groups in total. The Hall–Kier alpha value is -2.58. The summed E-state index contributed by atoms with van der Waals surface area (Å²) in [5.74, 6) is -0.290. The van der Waals surface area contributed by atoms with E-state index in [9.17, 15) is 18.0 Å². The Bertz CT molecular complexity index is 1000. The molecule has 1 heterocycles. The van der Waals surface area contributed by atoms with Gasteiger partial charge in [-0.2, -0.15) is 0 Å². The van der Waals surface area contributed by atoms with Crippen LogP contribution < -0.4 is 10.0 Å². The predicted octanol–water partition coefficient (Wildman–Crippen LogP) is 2.75. The maximum absolute atomic E-state index is 12.6. The van der Waals surface area contributed by atoms with Gasteiger partial charge in [0.1, 0.15) is 0 Å². The van der Waals surface area contributed by atoms with Gasteiger partial charge < -0.3 is 10.2 Å². The first-order valence-corrected chi connectivity index (χ1v) is 11.4. The second-order valence-electron chi connectivity index (χ2n) is 7.00. The van der Waals surface area contributed by atoms with Crippen LogP contribution >= 0.6 is 11.6 Å². The largest absolute Gasteiger partial charge is 0.349 e. The maximum atomic E-state index is 12.6.